The number of benzene rings is 1. The van der Waals surface area contributed by atoms with Gasteiger partial charge in [0.05, 0.1) is 25.6 Å². The molecule has 13 nitrogen and oxygen atoms in total. The molecule has 0 aliphatic carbocycles. The smallest absolute Gasteiger partial charge is 0.328 e. The molecule has 0 saturated carbocycles. The van der Waals surface area contributed by atoms with E-state index in [-0.39, 0.29) is 12.2 Å². The van der Waals surface area contributed by atoms with Gasteiger partial charge in [-0.15, -0.1) is 0 Å². The molecule has 0 saturated heterocycles. The van der Waals surface area contributed by atoms with Gasteiger partial charge in [-0.25, -0.2) is 4.79 Å². The first-order chi connectivity index (χ1) is 14.5. The molecule has 4 amide bonds. The van der Waals surface area contributed by atoms with E-state index in [9.17, 15) is 29.1 Å². The SMILES string of the molecule is NC(=O)CC(N)C(=O)NCC(=O)NC(Cc1ccc(O)cc1)C(=O)NC(CO)C(=O)O. The van der Waals surface area contributed by atoms with Crippen molar-refractivity contribution in [2.45, 2.75) is 31.0 Å². The lowest BCUT2D eigenvalue weighted by molar-refractivity contribution is -0.143. The summed E-state index contributed by atoms with van der Waals surface area (Å²) in [7, 11) is 0. The minimum atomic E-state index is -1.58. The molecule has 0 fully saturated rings. The predicted molar refractivity (Wildman–Crippen MR) is 105 cm³/mol. The van der Waals surface area contributed by atoms with E-state index < -0.39 is 67.3 Å². The fraction of sp³-hybridized carbons (Fsp3) is 0.389. The molecule has 1 rings (SSSR count). The van der Waals surface area contributed by atoms with Crippen LogP contribution in [0, 0.1) is 0 Å². The monoisotopic (exact) mass is 439 g/mol. The number of hydrogen-bond acceptors (Lipinski definition) is 8. The minimum absolute atomic E-state index is 0.0185. The molecule has 1 aromatic rings. The van der Waals surface area contributed by atoms with Crippen LogP contribution < -0.4 is 27.4 Å². The first-order valence-corrected chi connectivity index (χ1v) is 9.06. The van der Waals surface area contributed by atoms with Crippen molar-refractivity contribution in [1.29, 1.82) is 0 Å². The Balaban J connectivity index is 2.82. The number of aromatic hydroxyl groups is 1. The highest BCUT2D eigenvalue weighted by Gasteiger charge is 2.27. The minimum Gasteiger partial charge on any atom is -0.508 e. The summed E-state index contributed by atoms with van der Waals surface area (Å²) in [6.07, 6.45) is -0.498. The van der Waals surface area contributed by atoms with Crippen molar-refractivity contribution < 1.29 is 39.3 Å². The molecule has 0 radical (unpaired) electrons. The van der Waals surface area contributed by atoms with Gasteiger partial charge in [0.2, 0.25) is 23.6 Å². The number of amides is 4. The summed E-state index contributed by atoms with van der Waals surface area (Å²) >= 11 is 0. The fourth-order valence-corrected chi connectivity index (χ4v) is 2.39. The normalized spacial score (nSPS) is 13.4. The molecule has 3 unspecified atom stereocenters. The molecule has 0 spiro atoms. The molecule has 0 aliphatic heterocycles. The molecule has 31 heavy (non-hydrogen) atoms. The highest BCUT2D eigenvalue weighted by molar-refractivity contribution is 5.93. The third-order valence-electron chi connectivity index (χ3n) is 4.01. The van der Waals surface area contributed by atoms with Gasteiger partial charge in [0.1, 0.15) is 17.8 Å². The number of aliphatic hydroxyl groups is 1. The van der Waals surface area contributed by atoms with E-state index in [2.05, 4.69) is 16.0 Å². The Kier molecular flexibility index (Phi) is 9.88. The van der Waals surface area contributed by atoms with Gasteiger partial charge in [-0.05, 0) is 17.7 Å². The zero-order chi connectivity index (χ0) is 23.6. The Hall–Kier alpha value is -3.71. The molecule has 10 N–H and O–H groups in total. The number of carboxylic acids is 1. The molecule has 3 atom stereocenters. The van der Waals surface area contributed by atoms with Crippen molar-refractivity contribution in [1.82, 2.24) is 16.0 Å². The van der Waals surface area contributed by atoms with Crippen molar-refractivity contribution in [2.75, 3.05) is 13.2 Å². The van der Waals surface area contributed by atoms with Crippen LogP contribution in [0.25, 0.3) is 0 Å². The van der Waals surface area contributed by atoms with Crippen molar-refractivity contribution in [2.24, 2.45) is 11.5 Å². The maximum atomic E-state index is 12.5. The summed E-state index contributed by atoms with van der Waals surface area (Å²) < 4.78 is 0. The van der Waals surface area contributed by atoms with E-state index >= 15 is 0 Å². The molecule has 13 heteroatoms. The second-order valence-electron chi connectivity index (χ2n) is 6.57. The van der Waals surface area contributed by atoms with Crippen LogP contribution in [-0.2, 0) is 30.4 Å². The van der Waals surface area contributed by atoms with E-state index in [1.165, 1.54) is 24.3 Å². The average molecular weight is 439 g/mol. The number of carboxylic acid groups (broad SMARTS) is 1. The van der Waals surface area contributed by atoms with Crippen LogP contribution in [0.4, 0.5) is 0 Å². The van der Waals surface area contributed by atoms with Crippen LogP contribution >= 0.6 is 0 Å². The van der Waals surface area contributed by atoms with Crippen molar-refractivity contribution in [3.63, 3.8) is 0 Å². The summed E-state index contributed by atoms with van der Waals surface area (Å²) in [5.41, 5.74) is 10.9. The number of nitrogens with two attached hydrogens (primary N) is 2. The Morgan fingerprint density at radius 2 is 1.58 bits per heavy atom. The van der Waals surface area contributed by atoms with Crippen molar-refractivity contribution >= 4 is 29.6 Å². The number of phenolic OH excluding ortho intramolecular Hbond substituents is 1. The van der Waals surface area contributed by atoms with E-state index in [0.29, 0.717) is 5.56 Å². The Morgan fingerprint density at radius 3 is 2.10 bits per heavy atom. The van der Waals surface area contributed by atoms with Gasteiger partial charge in [0.25, 0.3) is 0 Å². The van der Waals surface area contributed by atoms with Crippen molar-refractivity contribution in [3.05, 3.63) is 29.8 Å². The van der Waals surface area contributed by atoms with Gasteiger partial charge in [-0.2, -0.15) is 0 Å². The van der Waals surface area contributed by atoms with Crippen LogP contribution in [0.2, 0.25) is 0 Å². The van der Waals surface area contributed by atoms with Crippen molar-refractivity contribution in [3.8, 4) is 5.75 Å². The summed E-state index contributed by atoms with van der Waals surface area (Å²) in [5, 5.41) is 34.1. The first kappa shape index (κ1) is 25.3. The topological polar surface area (TPSA) is 234 Å². The van der Waals surface area contributed by atoms with E-state index in [0.717, 1.165) is 0 Å². The molecular formula is C18H25N5O8. The number of carbonyl (C=O) groups excluding carboxylic acids is 4. The van der Waals surface area contributed by atoms with Crippen LogP contribution in [0.3, 0.4) is 0 Å². The van der Waals surface area contributed by atoms with Crippen LogP contribution in [0.5, 0.6) is 5.75 Å². The summed E-state index contributed by atoms with van der Waals surface area (Å²) in [5.74, 6) is -4.78. The lowest BCUT2D eigenvalue weighted by Gasteiger charge is -2.21. The largest absolute Gasteiger partial charge is 0.508 e. The van der Waals surface area contributed by atoms with Gasteiger partial charge in [0, 0.05) is 6.42 Å². The molecule has 170 valence electrons. The Morgan fingerprint density at radius 1 is 0.968 bits per heavy atom. The summed E-state index contributed by atoms with van der Waals surface area (Å²) in [6.45, 7) is -1.44. The summed E-state index contributed by atoms with van der Waals surface area (Å²) in [4.78, 5) is 58.3. The van der Waals surface area contributed by atoms with Gasteiger partial charge in [-0.1, -0.05) is 12.1 Å². The van der Waals surface area contributed by atoms with E-state index in [1.54, 1.807) is 0 Å². The lowest BCUT2D eigenvalue weighted by Crippen LogP contribution is -2.55. The van der Waals surface area contributed by atoms with E-state index in [4.69, 9.17) is 21.7 Å². The maximum absolute atomic E-state index is 12.5. The zero-order valence-electron chi connectivity index (χ0n) is 16.4. The summed E-state index contributed by atoms with van der Waals surface area (Å²) in [6, 6.07) is 1.61. The van der Waals surface area contributed by atoms with Crippen LogP contribution in [-0.4, -0.2) is 76.2 Å². The van der Waals surface area contributed by atoms with Gasteiger partial charge in [-0.3, -0.25) is 19.2 Å². The zero-order valence-corrected chi connectivity index (χ0v) is 16.4. The highest BCUT2D eigenvalue weighted by atomic mass is 16.4. The number of aliphatic carboxylic acids is 1. The van der Waals surface area contributed by atoms with Crippen LogP contribution in [0.1, 0.15) is 12.0 Å². The number of rotatable bonds is 12. The van der Waals surface area contributed by atoms with Gasteiger partial charge >= 0.3 is 5.97 Å². The van der Waals surface area contributed by atoms with Gasteiger partial charge < -0.3 is 42.7 Å². The molecule has 0 heterocycles. The number of phenols is 1. The van der Waals surface area contributed by atoms with Gasteiger partial charge in [0.15, 0.2) is 0 Å². The molecule has 0 aromatic heterocycles. The molecule has 0 aliphatic rings. The Labute approximate surface area is 176 Å². The average Bonchev–Trinajstić information content (AvgIpc) is 2.70. The molecule has 1 aromatic carbocycles. The number of primary amides is 1. The molecular weight excluding hydrogens is 414 g/mol. The third kappa shape index (κ3) is 9.10. The lowest BCUT2D eigenvalue weighted by atomic mass is 10.0. The second kappa shape index (κ2) is 12.1. The quantitative estimate of drug-likeness (QED) is 0.160. The van der Waals surface area contributed by atoms with Crippen LogP contribution in [0.15, 0.2) is 24.3 Å². The highest BCUT2D eigenvalue weighted by Crippen LogP contribution is 2.11. The molecule has 0 bridgehead atoms. The number of hydrogen-bond donors (Lipinski definition) is 8. The predicted octanol–water partition coefficient (Wildman–Crippen LogP) is -3.70. The number of aliphatic hydroxyl groups excluding tert-OH is 1. The number of carbonyl (C=O) groups is 5. The second-order valence-corrected chi connectivity index (χ2v) is 6.57. The fourth-order valence-electron chi connectivity index (χ4n) is 2.39. The first-order valence-electron chi connectivity index (χ1n) is 9.06. The maximum Gasteiger partial charge on any atom is 0.328 e. The Bertz CT molecular complexity index is 814. The standard InChI is InChI=1S/C18H25N5O8/c19-11(6-14(20)26)16(28)21-7-15(27)22-12(5-9-1-3-10(25)4-2-9)17(29)23-13(8-24)18(30)31/h1-4,11-13,24-25H,5-8,19H2,(H2,20,26)(H,21,28)(H,22,27)(H,23,29)(H,30,31). The number of nitrogens with one attached hydrogen (secondary N) is 3. The third-order valence-corrected chi connectivity index (χ3v) is 4.01. The van der Waals surface area contributed by atoms with E-state index in [1.807, 2.05) is 0 Å².